The maximum atomic E-state index is 12.9. The normalized spacial score (nSPS) is 28.0. The number of amides is 1. The number of hydrogen-bond acceptors (Lipinski definition) is 1. The second-order valence-corrected chi connectivity index (χ2v) is 6.75. The molecule has 2 aliphatic rings. The summed E-state index contributed by atoms with van der Waals surface area (Å²) in [6.45, 7) is 0. The van der Waals surface area contributed by atoms with E-state index in [1.54, 1.807) is 0 Å². The van der Waals surface area contributed by atoms with Crippen LogP contribution in [0.1, 0.15) is 55.7 Å². The van der Waals surface area contributed by atoms with E-state index in [4.69, 9.17) is 0 Å². The summed E-state index contributed by atoms with van der Waals surface area (Å²) in [5.41, 5.74) is 2.36. The standard InChI is InChI=1S/C18H22F3NO/c19-18(20,21)14-8-3-7-13(11-14)17(23)22-16-10-4-6-12-5-1-2-9-15(12)16/h1-2,5,9,13-14,16H,3-4,6-8,10-11H2,(H,22,23)/t13-,14+,16+/m0/s1. The molecule has 1 aromatic carbocycles. The first-order chi connectivity index (χ1) is 10.9. The number of benzene rings is 1. The van der Waals surface area contributed by atoms with Crippen molar-refractivity contribution in [1.29, 1.82) is 0 Å². The molecule has 23 heavy (non-hydrogen) atoms. The molecule has 0 unspecified atom stereocenters. The van der Waals surface area contributed by atoms with Crippen molar-refractivity contribution >= 4 is 5.91 Å². The molecule has 5 heteroatoms. The minimum absolute atomic E-state index is 0.0567. The van der Waals surface area contributed by atoms with Gasteiger partial charge in [-0.25, -0.2) is 0 Å². The van der Waals surface area contributed by atoms with Crippen molar-refractivity contribution in [1.82, 2.24) is 5.32 Å². The van der Waals surface area contributed by atoms with Gasteiger partial charge in [0.15, 0.2) is 0 Å². The van der Waals surface area contributed by atoms with Crippen LogP contribution in [0.2, 0.25) is 0 Å². The Balaban J connectivity index is 1.66. The van der Waals surface area contributed by atoms with E-state index in [-0.39, 0.29) is 24.8 Å². The Kier molecular flexibility index (Phi) is 4.64. The van der Waals surface area contributed by atoms with Gasteiger partial charge < -0.3 is 5.32 Å². The van der Waals surface area contributed by atoms with Gasteiger partial charge in [0.1, 0.15) is 0 Å². The van der Waals surface area contributed by atoms with Gasteiger partial charge in [0.25, 0.3) is 0 Å². The molecule has 3 atom stereocenters. The summed E-state index contributed by atoms with van der Waals surface area (Å²) in [6, 6.07) is 7.95. The largest absolute Gasteiger partial charge is 0.391 e. The summed E-state index contributed by atoms with van der Waals surface area (Å²) in [5.74, 6) is -2.05. The Morgan fingerprint density at radius 1 is 1.09 bits per heavy atom. The third-order valence-electron chi connectivity index (χ3n) is 5.19. The van der Waals surface area contributed by atoms with Gasteiger partial charge in [-0.2, -0.15) is 13.2 Å². The van der Waals surface area contributed by atoms with E-state index >= 15 is 0 Å². The summed E-state index contributed by atoms with van der Waals surface area (Å²) in [5, 5.41) is 3.01. The molecule has 1 aromatic rings. The number of fused-ring (bicyclic) bond motifs is 1. The maximum absolute atomic E-state index is 12.9. The van der Waals surface area contributed by atoms with Crippen LogP contribution in [-0.2, 0) is 11.2 Å². The van der Waals surface area contributed by atoms with Crippen LogP contribution < -0.4 is 5.32 Å². The molecule has 0 aromatic heterocycles. The lowest BCUT2D eigenvalue weighted by molar-refractivity contribution is -0.186. The van der Waals surface area contributed by atoms with Crippen LogP contribution in [0.25, 0.3) is 0 Å². The van der Waals surface area contributed by atoms with Gasteiger partial charge in [-0.05, 0) is 49.7 Å². The Morgan fingerprint density at radius 2 is 1.87 bits per heavy atom. The van der Waals surface area contributed by atoms with Gasteiger partial charge in [0, 0.05) is 5.92 Å². The minimum atomic E-state index is -4.18. The molecular weight excluding hydrogens is 303 g/mol. The van der Waals surface area contributed by atoms with Crippen molar-refractivity contribution in [3.05, 3.63) is 35.4 Å². The zero-order valence-corrected chi connectivity index (χ0v) is 13.0. The van der Waals surface area contributed by atoms with E-state index in [1.807, 2.05) is 18.2 Å². The van der Waals surface area contributed by atoms with Crippen molar-refractivity contribution < 1.29 is 18.0 Å². The Bertz CT molecular complexity index is 570. The first-order valence-corrected chi connectivity index (χ1v) is 8.40. The lowest BCUT2D eigenvalue weighted by atomic mass is 9.80. The molecule has 2 aliphatic carbocycles. The maximum Gasteiger partial charge on any atom is 0.391 e. The molecule has 1 N–H and O–H groups in total. The van der Waals surface area contributed by atoms with Gasteiger partial charge in [-0.15, -0.1) is 0 Å². The molecule has 2 nitrogen and oxygen atoms in total. The SMILES string of the molecule is O=C(N[C@@H]1CCCc2ccccc21)[C@H]1CCC[C@@H](C(F)(F)F)C1. The fourth-order valence-electron chi connectivity index (χ4n) is 3.92. The fraction of sp³-hybridized carbons (Fsp3) is 0.611. The molecular formula is C18H22F3NO. The van der Waals surface area contributed by atoms with Gasteiger partial charge >= 0.3 is 6.18 Å². The number of halogens is 3. The van der Waals surface area contributed by atoms with Crippen molar-refractivity contribution in [2.24, 2.45) is 11.8 Å². The van der Waals surface area contributed by atoms with E-state index in [1.165, 1.54) is 5.56 Å². The highest BCUT2D eigenvalue weighted by molar-refractivity contribution is 5.79. The van der Waals surface area contributed by atoms with E-state index in [9.17, 15) is 18.0 Å². The molecule has 0 spiro atoms. The first-order valence-electron chi connectivity index (χ1n) is 8.40. The summed E-state index contributed by atoms with van der Waals surface area (Å²) in [4.78, 5) is 12.5. The number of carbonyl (C=O) groups excluding carboxylic acids is 1. The van der Waals surface area contributed by atoms with Gasteiger partial charge in [0.2, 0.25) is 5.91 Å². The number of aryl methyl sites for hydroxylation is 1. The predicted octanol–water partition coefficient (Wildman–Crippen LogP) is 4.55. The number of hydrogen-bond donors (Lipinski definition) is 1. The van der Waals surface area contributed by atoms with E-state index in [0.717, 1.165) is 24.8 Å². The molecule has 0 aliphatic heterocycles. The summed E-state index contributed by atoms with van der Waals surface area (Å²) in [6.07, 6.45) is -0.200. The van der Waals surface area contributed by atoms with Crippen LogP contribution in [0.5, 0.6) is 0 Å². The van der Waals surface area contributed by atoms with Gasteiger partial charge in [-0.3, -0.25) is 4.79 Å². The summed E-state index contributed by atoms with van der Waals surface area (Å²) >= 11 is 0. The molecule has 1 amide bonds. The molecule has 0 bridgehead atoms. The molecule has 126 valence electrons. The Hall–Kier alpha value is -1.52. The molecule has 0 heterocycles. The van der Waals surface area contributed by atoms with Gasteiger partial charge in [-0.1, -0.05) is 30.7 Å². The quantitative estimate of drug-likeness (QED) is 0.849. The third kappa shape index (κ3) is 3.70. The van der Waals surface area contributed by atoms with Crippen molar-refractivity contribution in [2.75, 3.05) is 0 Å². The summed E-state index contributed by atoms with van der Waals surface area (Å²) in [7, 11) is 0. The molecule has 1 fully saturated rings. The van der Waals surface area contributed by atoms with Crippen LogP contribution in [0.3, 0.4) is 0 Å². The van der Waals surface area contributed by atoms with Crippen molar-refractivity contribution in [3.8, 4) is 0 Å². The second-order valence-electron chi connectivity index (χ2n) is 6.75. The first kappa shape index (κ1) is 16.3. The number of alkyl halides is 3. The highest BCUT2D eigenvalue weighted by Gasteiger charge is 2.43. The highest BCUT2D eigenvalue weighted by atomic mass is 19.4. The smallest absolute Gasteiger partial charge is 0.349 e. The van der Waals surface area contributed by atoms with Crippen LogP contribution in [-0.4, -0.2) is 12.1 Å². The second kappa shape index (κ2) is 6.54. The van der Waals surface area contributed by atoms with Crippen LogP contribution in [0.15, 0.2) is 24.3 Å². The van der Waals surface area contributed by atoms with Crippen molar-refractivity contribution in [3.63, 3.8) is 0 Å². The fourth-order valence-corrected chi connectivity index (χ4v) is 3.92. The van der Waals surface area contributed by atoms with Crippen LogP contribution in [0.4, 0.5) is 13.2 Å². The van der Waals surface area contributed by atoms with Crippen LogP contribution in [0, 0.1) is 11.8 Å². The number of rotatable bonds is 2. The molecule has 0 radical (unpaired) electrons. The Morgan fingerprint density at radius 3 is 2.65 bits per heavy atom. The minimum Gasteiger partial charge on any atom is -0.349 e. The zero-order chi connectivity index (χ0) is 16.4. The monoisotopic (exact) mass is 325 g/mol. The van der Waals surface area contributed by atoms with E-state index in [2.05, 4.69) is 11.4 Å². The average Bonchev–Trinajstić information content (AvgIpc) is 2.54. The lowest BCUT2D eigenvalue weighted by Gasteiger charge is -2.32. The number of nitrogens with one attached hydrogen (secondary N) is 1. The molecule has 3 rings (SSSR count). The topological polar surface area (TPSA) is 29.1 Å². The zero-order valence-electron chi connectivity index (χ0n) is 13.0. The predicted molar refractivity (Wildman–Crippen MR) is 81.8 cm³/mol. The highest BCUT2D eigenvalue weighted by Crippen LogP contribution is 2.40. The van der Waals surface area contributed by atoms with E-state index in [0.29, 0.717) is 12.8 Å². The third-order valence-corrected chi connectivity index (χ3v) is 5.19. The van der Waals surface area contributed by atoms with Crippen molar-refractivity contribution in [2.45, 2.75) is 57.2 Å². The number of carbonyl (C=O) groups is 1. The van der Waals surface area contributed by atoms with Gasteiger partial charge in [0.05, 0.1) is 12.0 Å². The Labute approximate surface area is 134 Å². The van der Waals surface area contributed by atoms with E-state index < -0.39 is 18.0 Å². The summed E-state index contributed by atoms with van der Waals surface area (Å²) < 4.78 is 38.7. The van der Waals surface area contributed by atoms with Crippen LogP contribution >= 0.6 is 0 Å². The lowest BCUT2D eigenvalue weighted by Crippen LogP contribution is -2.39. The molecule has 1 saturated carbocycles. The molecule has 0 saturated heterocycles. The average molecular weight is 325 g/mol.